The van der Waals surface area contributed by atoms with Crippen molar-refractivity contribution in [1.82, 2.24) is 0 Å². The first kappa shape index (κ1) is 16.0. The molecule has 4 nitrogen and oxygen atoms in total. The summed E-state index contributed by atoms with van der Waals surface area (Å²) in [6, 6.07) is 7.77. The van der Waals surface area contributed by atoms with Crippen molar-refractivity contribution in [2.45, 2.75) is 49.2 Å². The molecule has 126 valence electrons. The van der Waals surface area contributed by atoms with Crippen LogP contribution in [0.3, 0.4) is 0 Å². The number of epoxide rings is 3. The van der Waals surface area contributed by atoms with E-state index in [1.807, 2.05) is 0 Å². The van der Waals surface area contributed by atoms with Crippen LogP contribution in [0, 0.1) is 5.41 Å². The maximum atomic E-state index is 9.40. The van der Waals surface area contributed by atoms with E-state index in [1.165, 1.54) is 35.2 Å². The zero-order valence-corrected chi connectivity index (χ0v) is 15.5. The molecular formula is C18H25AsO4. The number of hydrogen-bond donors (Lipinski definition) is 1. The summed E-state index contributed by atoms with van der Waals surface area (Å²) < 4.78 is 18.1. The molecule has 0 amide bonds. The van der Waals surface area contributed by atoms with E-state index < -0.39 is 0 Å². The number of phenolic OH excluding ortho intramolecular Hbond substituents is 1. The van der Waals surface area contributed by atoms with Crippen molar-refractivity contribution in [2.24, 2.45) is 5.41 Å². The van der Waals surface area contributed by atoms with Crippen LogP contribution in [0.2, 0.25) is 5.21 Å². The average Bonchev–Trinajstić information content (AvgIpc) is 3.34. The second-order valence-corrected chi connectivity index (χ2v) is 10.2. The molecule has 4 unspecified atom stereocenters. The molecule has 3 aliphatic heterocycles. The fourth-order valence-electron chi connectivity index (χ4n) is 3.61. The van der Waals surface area contributed by atoms with E-state index in [0.717, 1.165) is 19.8 Å². The molecule has 23 heavy (non-hydrogen) atoms. The molecule has 0 aliphatic carbocycles. The number of ether oxygens (including phenoxy) is 3. The molecule has 0 spiro atoms. The monoisotopic (exact) mass is 380 g/mol. The minimum absolute atomic E-state index is 0.147. The molecule has 3 fully saturated rings. The SMILES string of the molecule is Oc1ccc([AsH]CCC(CC2CO2)(CC2CO2)CC2CO2)cc1. The Morgan fingerprint density at radius 3 is 1.83 bits per heavy atom. The van der Waals surface area contributed by atoms with Crippen molar-refractivity contribution in [3.63, 3.8) is 0 Å². The third-order valence-corrected chi connectivity index (χ3v) is 7.65. The standard InChI is InChI=1S/C18H25AsO4/c20-14-3-1-13(2-4-14)19-6-5-18(7-15-10-21-15,8-16-11-22-16)9-17-12-23-17/h1-4,15-17,19-20H,5-12H2. The van der Waals surface area contributed by atoms with E-state index >= 15 is 0 Å². The minimum atomic E-state index is -0.147. The van der Waals surface area contributed by atoms with Gasteiger partial charge in [-0.3, -0.25) is 0 Å². The van der Waals surface area contributed by atoms with Gasteiger partial charge in [-0.2, -0.15) is 0 Å². The molecule has 4 atom stereocenters. The molecule has 3 aliphatic rings. The molecule has 4 rings (SSSR count). The molecule has 0 saturated carbocycles. The van der Waals surface area contributed by atoms with E-state index in [2.05, 4.69) is 12.1 Å². The summed E-state index contributed by atoms with van der Waals surface area (Å²) in [4.78, 5) is 0. The van der Waals surface area contributed by atoms with Crippen LogP contribution in [-0.4, -0.2) is 59.0 Å². The Hall–Kier alpha value is -0.542. The van der Waals surface area contributed by atoms with Crippen molar-refractivity contribution in [2.75, 3.05) is 19.8 Å². The van der Waals surface area contributed by atoms with Crippen molar-refractivity contribution in [3.8, 4) is 5.75 Å². The summed E-state index contributed by atoms with van der Waals surface area (Å²) >= 11 is -0.147. The zero-order chi connectivity index (χ0) is 15.7. The van der Waals surface area contributed by atoms with Gasteiger partial charge in [0.15, 0.2) is 0 Å². The van der Waals surface area contributed by atoms with Crippen LogP contribution in [0.5, 0.6) is 5.75 Å². The van der Waals surface area contributed by atoms with Crippen LogP contribution in [0.4, 0.5) is 0 Å². The van der Waals surface area contributed by atoms with Gasteiger partial charge < -0.3 is 0 Å². The topological polar surface area (TPSA) is 57.8 Å². The maximum absolute atomic E-state index is 9.40. The third kappa shape index (κ3) is 4.96. The number of phenols is 1. The number of aromatic hydroxyl groups is 1. The second kappa shape index (κ2) is 6.76. The summed E-state index contributed by atoms with van der Waals surface area (Å²) in [5, 5.41) is 10.7. The van der Waals surface area contributed by atoms with Crippen LogP contribution in [-0.2, 0) is 14.2 Å². The Kier molecular flexibility index (Phi) is 4.69. The van der Waals surface area contributed by atoms with Gasteiger partial charge in [0.25, 0.3) is 0 Å². The van der Waals surface area contributed by atoms with Gasteiger partial charge in [0.1, 0.15) is 0 Å². The van der Waals surface area contributed by atoms with E-state index in [0.29, 0.717) is 29.5 Å². The van der Waals surface area contributed by atoms with Crippen molar-refractivity contribution < 1.29 is 19.3 Å². The first-order valence-electron chi connectivity index (χ1n) is 8.59. The van der Waals surface area contributed by atoms with Gasteiger partial charge in [-0.1, -0.05) is 0 Å². The van der Waals surface area contributed by atoms with Gasteiger partial charge in [0, 0.05) is 0 Å². The molecule has 3 saturated heterocycles. The van der Waals surface area contributed by atoms with Gasteiger partial charge in [-0.15, -0.1) is 0 Å². The van der Waals surface area contributed by atoms with Crippen LogP contribution in [0.25, 0.3) is 0 Å². The number of hydrogen-bond acceptors (Lipinski definition) is 4. The molecule has 0 aromatic heterocycles. The van der Waals surface area contributed by atoms with Gasteiger partial charge in [0.2, 0.25) is 0 Å². The fraction of sp³-hybridized carbons (Fsp3) is 0.667. The normalized spacial score (nSPS) is 31.2. The van der Waals surface area contributed by atoms with Crippen LogP contribution < -0.4 is 4.35 Å². The summed E-state index contributed by atoms with van der Waals surface area (Å²) in [5.74, 6) is 0.359. The summed E-state index contributed by atoms with van der Waals surface area (Å²) in [6.45, 7) is 2.81. The molecule has 0 radical (unpaired) electrons. The summed E-state index contributed by atoms with van der Waals surface area (Å²) in [7, 11) is 0. The van der Waals surface area contributed by atoms with E-state index in [4.69, 9.17) is 14.2 Å². The van der Waals surface area contributed by atoms with Gasteiger partial charge in [-0.25, -0.2) is 0 Å². The Morgan fingerprint density at radius 1 is 0.913 bits per heavy atom. The first-order valence-corrected chi connectivity index (χ1v) is 11.1. The Labute approximate surface area is 144 Å². The molecule has 3 heterocycles. The predicted octanol–water partition coefficient (Wildman–Crippen LogP) is 1.62. The van der Waals surface area contributed by atoms with Crippen molar-refractivity contribution >= 4 is 20.1 Å². The average molecular weight is 380 g/mol. The van der Waals surface area contributed by atoms with Gasteiger partial charge in [0.05, 0.1) is 0 Å². The number of rotatable bonds is 10. The molecule has 5 heteroatoms. The molecular weight excluding hydrogens is 355 g/mol. The zero-order valence-electron chi connectivity index (χ0n) is 13.4. The van der Waals surface area contributed by atoms with Crippen molar-refractivity contribution in [1.29, 1.82) is 0 Å². The molecule has 0 bridgehead atoms. The first-order chi connectivity index (χ1) is 11.2. The summed E-state index contributed by atoms with van der Waals surface area (Å²) in [6.07, 6.45) is 6.20. The van der Waals surface area contributed by atoms with Gasteiger partial charge in [-0.05, 0) is 0 Å². The Balaban J connectivity index is 1.37. The van der Waals surface area contributed by atoms with Crippen molar-refractivity contribution in [3.05, 3.63) is 24.3 Å². The fourth-order valence-corrected chi connectivity index (χ4v) is 6.44. The van der Waals surface area contributed by atoms with E-state index in [9.17, 15) is 5.11 Å². The summed E-state index contributed by atoms with van der Waals surface area (Å²) in [5.41, 5.74) is 0.337. The van der Waals surface area contributed by atoms with E-state index in [-0.39, 0.29) is 15.8 Å². The van der Waals surface area contributed by atoms with Crippen LogP contribution in [0.1, 0.15) is 25.7 Å². The predicted molar refractivity (Wildman–Crippen MR) is 89.8 cm³/mol. The number of benzene rings is 1. The van der Waals surface area contributed by atoms with Crippen LogP contribution >= 0.6 is 0 Å². The quantitative estimate of drug-likeness (QED) is 0.495. The Morgan fingerprint density at radius 2 is 1.39 bits per heavy atom. The molecule has 1 N–H and O–H groups in total. The molecule has 1 aromatic carbocycles. The van der Waals surface area contributed by atoms with Crippen LogP contribution in [0.15, 0.2) is 24.3 Å². The van der Waals surface area contributed by atoms with E-state index in [1.54, 1.807) is 12.1 Å². The third-order valence-electron chi connectivity index (χ3n) is 5.04. The Bertz CT molecular complexity index is 484. The second-order valence-electron chi connectivity index (χ2n) is 7.20. The molecule has 1 aromatic rings. The van der Waals surface area contributed by atoms with Gasteiger partial charge >= 0.3 is 144 Å².